The van der Waals surface area contributed by atoms with E-state index in [1.54, 1.807) is 0 Å². The molecule has 0 aromatic rings. The van der Waals surface area contributed by atoms with E-state index in [0.29, 0.717) is 0 Å². The van der Waals surface area contributed by atoms with Crippen LogP contribution in [0.3, 0.4) is 0 Å². The summed E-state index contributed by atoms with van der Waals surface area (Å²) in [5, 5.41) is 2.75. The summed E-state index contributed by atoms with van der Waals surface area (Å²) in [6.07, 6.45) is 0. The smallest absolute Gasteiger partial charge is 0.0167 e. The first-order chi connectivity index (χ1) is 2.41. The van der Waals surface area contributed by atoms with Gasteiger partial charge in [0.25, 0.3) is 0 Å². The van der Waals surface area contributed by atoms with Crippen LogP contribution in [0.15, 0.2) is 0 Å². The highest BCUT2D eigenvalue weighted by atomic mass is 14.7. The highest BCUT2D eigenvalue weighted by Gasteiger charge is 1.25. The number of hydrogen-bond donors (Lipinski definition) is 1. The van der Waals surface area contributed by atoms with E-state index in [2.05, 4.69) is 5.32 Å². The molecule has 0 heterocycles. The Morgan fingerprint density at radius 1 is 1.00 bits per heavy atom. The molecule has 0 aromatic heterocycles. The molecule has 0 fully saturated rings. The molecule has 0 radical (unpaired) electrons. The SMILES string of the molecule is CC.CNC. The molecule has 0 rings (SSSR count). The van der Waals surface area contributed by atoms with Crippen LogP contribution in [-0.4, -0.2) is 14.1 Å². The predicted octanol–water partition coefficient (Wildman–Crippen LogP) is 0.862. The predicted molar refractivity (Wildman–Crippen MR) is 26.3 cm³/mol. The van der Waals surface area contributed by atoms with E-state index < -0.39 is 0 Å². The van der Waals surface area contributed by atoms with E-state index in [1.807, 2.05) is 27.9 Å². The van der Waals surface area contributed by atoms with Crippen LogP contribution in [0.25, 0.3) is 0 Å². The van der Waals surface area contributed by atoms with Gasteiger partial charge >= 0.3 is 0 Å². The molecule has 1 heteroatoms. The van der Waals surface area contributed by atoms with Crippen molar-refractivity contribution >= 4 is 0 Å². The van der Waals surface area contributed by atoms with E-state index in [0.717, 1.165) is 0 Å². The lowest BCUT2D eigenvalue weighted by Crippen LogP contribution is -1.89. The van der Waals surface area contributed by atoms with Crippen LogP contribution in [0.2, 0.25) is 0 Å². The molecule has 0 amide bonds. The van der Waals surface area contributed by atoms with Gasteiger partial charge in [-0.2, -0.15) is 0 Å². The molecule has 0 unspecified atom stereocenters. The maximum absolute atomic E-state index is 2.75. The summed E-state index contributed by atoms with van der Waals surface area (Å²) in [5.41, 5.74) is 0. The molecule has 0 saturated carbocycles. The second-order valence-electron chi connectivity index (χ2n) is 0.500. The molecule has 1 nitrogen and oxygen atoms in total. The van der Waals surface area contributed by atoms with E-state index in [9.17, 15) is 0 Å². The van der Waals surface area contributed by atoms with Crippen molar-refractivity contribution in [1.29, 1.82) is 0 Å². The van der Waals surface area contributed by atoms with Gasteiger partial charge in [-0.25, -0.2) is 0 Å². The fraction of sp³-hybridized carbons (Fsp3) is 1.00. The van der Waals surface area contributed by atoms with Gasteiger partial charge in [0.15, 0.2) is 0 Å². The molecular weight excluding hydrogens is 62.1 g/mol. The Morgan fingerprint density at radius 3 is 1.00 bits per heavy atom. The first-order valence-electron chi connectivity index (χ1n) is 2.00. The van der Waals surface area contributed by atoms with Gasteiger partial charge in [-0.1, -0.05) is 13.8 Å². The zero-order valence-corrected chi connectivity index (χ0v) is 4.50. The Balaban J connectivity index is 0. The normalized spacial score (nSPS) is 4.80. The number of hydrogen-bond acceptors (Lipinski definition) is 1. The number of nitrogens with one attached hydrogen (secondary N) is 1. The fourth-order valence-corrected chi connectivity index (χ4v) is 0. The van der Waals surface area contributed by atoms with Gasteiger partial charge in [-0.05, 0) is 14.1 Å². The molecule has 5 heavy (non-hydrogen) atoms. The van der Waals surface area contributed by atoms with Crippen LogP contribution >= 0.6 is 0 Å². The first kappa shape index (κ1) is 8.88. The molecule has 0 saturated heterocycles. The van der Waals surface area contributed by atoms with Gasteiger partial charge in [-0.3, -0.25) is 0 Å². The van der Waals surface area contributed by atoms with Crippen LogP contribution in [0, 0.1) is 0 Å². The maximum atomic E-state index is 2.75. The van der Waals surface area contributed by atoms with Gasteiger partial charge < -0.3 is 5.32 Å². The lowest BCUT2D eigenvalue weighted by Gasteiger charge is -1.59. The largest absolute Gasteiger partial charge is 0.323 e. The Kier molecular flexibility index (Phi) is 66.8. The summed E-state index contributed by atoms with van der Waals surface area (Å²) in [7, 11) is 3.75. The van der Waals surface area contributed by atoms with E-state index >= 15 is 0 Å². The molecule has 0 aliphatic rings. The summed E-state index contributed by atoms with van der Waals surface area (Å²) in [6, 6.07) is 0. The summed E-state index contributed by atoms with van der Waals surface area (Å²) in [5.74, 6) is 0. The lowest BCUT2D eigenvalue weighted by atomic mass is 11.0. The minimum Gasteiger partial charge on any atom is -0.323 e. The van der Waals surface area contributed by atoms with Gasteiger partial charge in [-0.15, -0.1) is 0 Å². The van der Waals surface area contributed by atoms with Crippen molar-refractivity contribution in [3.63, 3.8) is 0 Å². The summed E-state index contributed by atoms with van der Waals surface area (Å²) < 4.78 is 0. The van der Waals surface area contributed by atoms with Crippen molar-refractivity contribution in [3.05, 3.63) is 0 Å². The summed E-state index contributed by atoms with van der Waals surface area (Å²) in [4.78, 5) is 0. The number of rotatable bonds is 0. The summed E-state index contributed by atoms with van der Waals surface area (Å²) in [6.45, 7) is 4.00. The highest BCUT2D eigenvalue weighted by Crippen LogP contribution is 1.14. The van der Waals surface area contributed by atoms with Gasteiger partial charge in [0.05, 0.1) is 0 Å². The molecular formula is C4H13N. The molecule has 0 aromatic carbocycles. The van der Waals surface area contributed by atoms with Crippen molar-refractivity contribution in [3.8, 4) is 0 Å². The van der Waals surface area contributed by atoms with E-state index in [1.165, 1.54) is 0 Å². The average Bonchev–Trinajstić information content (AvgIpc) is 1.46. The first-order valence-corrected chi connectivity index (χ1v) is 2.00. The Hall–Kier alpha value is -0.0400. The Bertz CT molecular complexity index is 3.61. The van der Waals surface area contributed by atoms with Gasteiger partial charge in [0.2, 0.25) is 0 Å². The minimum atomic E-state index is 1.88. The topological polar surface area (TPSA) is 12.0 Å². The standard InChI is InChI=1S/C2H7N.C2H6/c1-3-2;1-2/h3H,1-2H3;1-2H3. The van der Waals surface area contributed by atoms with Crippen molar-refractivity contribution < 1.29 is 0 Å². The van der Waals surface area contributed by atoms with E-state index in [-0.39, 0.29) is 0 Å². The molecule has 0 aliphatic carbocycles. The van der Waals surface area contributed by atoms with Crippen LogP contribution in [-0.2, 0) is 0 Å². The summed E-state index contributed by atoms with van der Waals surface area (Å²) >= 11 is 0. The minimum absolute atomic E-state index is 1.88. The van der Waals surface area contributed by atoms with Crippen LogP contribution in [0.1, 0.15) is 13.8 Å². The average molecular weight is 75.2 g/mol. The second-order valence-corrected chi connectivity index (χ2v) is 0.500. The Morgan fingerprint density at radius 2 is 1.00 bits per heavy atom. The third kappa shape index (κ3) is 9510. The maximum Gasteiger partial charge on any atom is -0.0167 e. The van der Waals surface area contributed by atoms with Crippen molar-refractivity contribution in [2.45, 2.75) is 13.8 Å². The molecule has 0 atom stereocenters. The molecule has 0 aliphatic heterocycles. The Labute approximate surface area is 34.4 Å². The zero-order valence-electron chi connectivity index (χ0n) is 4.50. The van der Waals surface area contributed by atoms with E-state index in [4.69, 9.17) is 0 Å². The molecule has 1 N–H and O–H groups in total. The fourth-order valence-electron chi connectivity index (χ4n) is 0. The zero-order chi connectivity index (χ0) is 4.71. The molecule has 34 valence electrons. The molecule has 0 spiro atoms. The quantitative estimate of drug-likeness (QED) is 0.450. The monoisotopic (exact) mass is 75.1 g/mol. The van der Waals surface area contributed by atoms with Crippen LogP contribution in [0.4, 0.5) is 0 Å². The van der Waals surface area contributed by atoms with Crippen molar-refractivity contribution in [2.24, 2.45) is 0 Å². The van der Waals surface area contributed by atoms with Crippen molar-refractivity contribution in [2.75, 3.05) is 14.1 Å². The van der Waals surface area contributed by atoms with Gasteiger partial charge in [0, 0.05) is 0 Å². The highest BCUT2D eigenvalue weighted by molar-refractivity contribution is 3.91. The third-order valence-corrected chi connectivity index (χ3v) is 0. The lowest BCUT2D eigenvalue weighted by molar-refractivity contribution is 1.02. The molecule has 0 bridgehead atoms. The van der Waals surface area contributed by atoms with Crippen LogP contribution < -0.4 is 5.32 Å². The second kappa shape index (κ2) is 37.6. The van der Waals surface area contributed by atoms with Crippen LogP contribution in [0.5, 0.6) is 0 Å². The third-order valence-electron chi connectivity index (χ3n) is 0. The van der Waals surface area contributed by atoms with Crippen molar-refractivity contribution in [1.82, 2.24) is 5.32 Å². The van der Waals surface area contributed by atoms with Gasteiger partial charge in [0.1, 0.15) is 0 Å².